The number of aromatic amines is 2. The van der Waals surface area contributed by atoms with Gasteiger partial charge >= 0.3 is 5.69 Å². The molecule has 6 rings (SSSR count). The molecule has 4 aromatic heterocycles. The monoisotopic (exact) mass is 471 g/mol. The Balaban J connectivity index is 1.46. The number of rotatable bonds is 6. The minimum absolute atomic E-state index is 0.238. The van der Waals surface area contributed by atoms with Gasteiger partial charge in [-0.05, 0) is 31.1 Å². The second-order valence-corrected chi connectivity index (χ2v) is 8.16. The lowest BCUT2D eigenvalue weighted by molar-refractivity contribution is 0.416. The van der Waals surface area contributed by atoms with Gasteiger partial charge in [-0.3, -0.25) is 9.98 Å². The SMILES string of the molecule is COc1cc(-n2ccnc2)ccc1Nc1cc(=NC2CC2)n2ncc(=Cc3[nH]c(=O)[nH]c3O)c2n1. The zero-order chi connectivity index (χ0) is 23.9. The number of ether oxygens (including phenoxy) is 1. The second kappa shape index (κ2) is 8.17. The minimum atomic E-state index is -0.504. The average molecular weight is 471 g/mol. The molecule has 0 unspecified atom stereocenters. The molecule has 1 aliphatic carbocycles. The first kappa shape index (κ1) is 20.7. The van der Waals surface area contributed by atoms with Crippen LogP contribution in [0.3, 0.4) is 0 Å². The molecule has 12 nitrogen and oxygen atoms in total. The van der Waals surface area contributed by atoms with Crippen molar-refractivity contribution in [1.82, 2.24) is 34.1 Å². The fourth-order valence-corrected chi connectivity index (χ4v) is 3.75. The molecule has 1 saturated carbocycles. The summed E-state index contributed by atoms with van der Waals surface area (Å²) in [6.45, 7) is 0. The van der Waals surface area contributed by atoms with E-state index in [9.17, 15) is 9.90 Å². The maximum atomic E-state index is 11.5. The molecule has 176 valence electrons. The maximum Gasteiger partial charge on any atom is 0.326 e. The average Bonchev–Trinajstić information content (AvgIpc) is 3.20. The number of aromatic nitrogens is 7. The first-order valence-electron chi connectivity index (χ1n) is 11.0. The van der Waals surface area contributed by atoms with E-state index in [2.05, 4.69) is 25.4 Å². The summed E-state index contributed by atoms with van der Waals surface area (Å²) in [4.78, 5) is 30.0. The number of nitrogens with one attached hydrogen (secondary N) is 3. The Morgan fingerprint density at radius 1 is 1.29 bits per heavy atom. The van der Waals surface area contributed by atoms with Crippen LogP contribution in [0.15, 0.2) is 59.0 Å². The van der Waals surface area contributed by atoms with Gasteiger partial charge in [0.05, 0.1) is 37.1 Å². The van der Waals surface area contributed by atoms with Crippen LogP contribution >= 0.6 is 0 Å². The summed E-state index contributed by atoms with van der Waals surface area (Å²) < 4.78 is 9.15. The highest BCUT2D eigenvalue weighted by molar-refractivity contribution is 5.68. The van der Waals surface area contributed by atoms with Crippen LogP contribution in [-0.2, 0) is 0 Å². The molecule has 1 aliphatic rings. The maximum absolute atomic E-state index is 11.5. The predicted octanol–water partition coefficient (Wildman–Crippen LogP) is 1.000. The summed E-state index contributed by atoms with van der Waals surface area (Å²) in [7, 11) is 1.61. The predicted molar refractivity (Wildman–Crippen MR) is 127 cm³/mol. The van der Waals surface area contributed by atoms with Crippen molar-refractivity contribution < 1.29 is 9.84 Å². The van der Waals surface area contributed by atoms with Gasteiger partial charge in [0, 0.05) is 29.7 Å². The third-order valence-electron chi connectivity index (χ3n) is 5.63. The Hall–Kier alpha value is -4.87. The van der Waals surface area contributed by atoms with Crippen molar-refractivity contribution in [3.63, 3.8) is 0 Å². The molecule has 0 spiro atoms. The van der Waals surface area contributed by atoms with Crippen molar-refractivity contribution in [3.8, 4) is 17.3 Å². The van der Waals surface area contributed by atoms with Gasteiger partial charge in [-0.2, -0.15) is 9.61 Å². The first-order chi connectivity index (χ1) is 17.1. The summed E-state index contributed by atoms with van der Waals surface area (Å²) in [5.41, 5.74) is 2.54. The largest absolute Gasteiger partial charge is 0.494 e. The number of nitrogens with zero attached hydrogens (tertiary/aromatic N) is 6. The van der Waals surface area contributed by atoms with Gasteiger partial charge in [0.15, 0.2) is 11.1 Å². The first-order valence-corrected chi connectivity index (χ1v) is 11.0. The van der Waals surface area contributed by atoms with Crippen LogP contribution in [-0.4, -0.2) is 52.4 Å². The lowest BCUT2D eigenvalue weighted by Crippen LogP contribution is -2.20. The van der Waals surface area contributed by atoms with Crippen LogP contribution in [0.2, 0.25) is 0 Å². The van der Waals surface area contributed by atoms with Crippen molar-refractivity contribution in [3.05, 3.63) is 76.1 Å². The molecule has 1 fully saturated rings. The Kier molecular flexibility index (Phi) is 4.83. The van der Waals surface area contributed by atoms with Gasteiger partial charge in [0.2, 0.25) is 5.88 Å². The summed E-state index contributed by atoms with van der Waals surface area (Å²) >= 11 is 0. The summed E-state index contributed by atoms with van der Waals surface area (Å²) in [5, 5.41) is 18.3. The lowest BCUT2D eigenvalue weighted by atomic mass is 10.2. The van der Waals surface area contributed by atoms with E-state index in [1.165, 1.54) is 0 Å². The van der Waals surface area contributed by atoms with Gasteiger partial charge in [-0.15, -0.1) is 0 Å². The van der Waals surface area contributed by atoms with E-state index in [1.807, 2.05) is 35.0 Å². The molecular weight excluding hydrogens is 450 g/mol. The zero-order valence-electron chi connectivity index (χ0n) is 18.6. The molecular formula is C23H21N9O3. The number of fused-ring (bicyclic) bond motifs is 1. The third kappa shape index (κ3) is 4.01. The number of H-pyrrole nitrogens is 2. The Bertz CT molecular complexity index is 1710. The van der Waals surface area contributed by atoms with E-state index in [1.54, 1.807) is 36.4 Å². The summed E-state index contributed by atoms with van der Waals surface area (Å²) in [5.74, 6) is 0.926. The van der Waals surface area contributed by atoms with Crippen LogP contribution in [0.25, 0.3) is 17.4 Å². The molecule has 0 atom stereocenters. The normalized spacial score (nSPS) is 14.7. The minimum Gasteiger partial charge on any atom is -0.494 e. The van der Waals surface area contributed by atoms with Crippen molar-refractivity contribution in [2.75, 3.05) is 12.4 Å². The van der Waals surface area contributed by atoms with E-state index < -0.39 is 5.69 Å². The van der Waals surface area contributed by atoms with Gasteiger partial charge in [-0.25, -0.2) is 14.8 Å². The van der Waals surface area contributed by atoms with E-state index in [0.29, 0.717) is 27.9 Å². The van der Waals surface area contributed by atoms with Crippen molar-refractivity contribution in [1.29, 1.82) is 0 Å². The van der Waals surface area contributed by atoms with Crippen molar-refractivity contribution >= 4 is 23.2 Å². The molecule has 4 N–H and O–H groups in total. The smallest absolute Gasteiger partial charge is 0.326 e. The molecule has 0 amide bonds. The molecule has 0 aliphatic heterocycles. The van der Waals surface area contributed by atoms with Crippen LogP contribution in [0.4, 0.5) is 11.5 Å². The van der Waals surface area contributed by atoms with Gasteiger partial charge in [0.1, 0.15) is 17.3 Å². The summed E-state index contributed by atoms with van der Waals surface area (Å²) in [6, 6.07) is 7.86. The number of aromatic hydroxyl groups is 1. The summed E-state index contributed by atoms with van der Waals surface area (Å²) in [6.07, 6.45) is 10.6. The van der Waals surface area contributed by atoms with Gasteiger partial charge in [0.25, 0.3) is 0 Å². The van der Waals surface area contributed by atoms with Crippen molar-refractivity contribution in [2.24, 2.45) is 4.99 Å². The highest BCUT2D eigenvalue weighted by atomic mass is 16.5. The fourth-order valence-electron chi connectivity index (χ4n) is 3.75. The van der Waals surface area contributed by atoms with Gasteiger partial charge in [-0.1, -0.05) is 0 Å². The molecule has 35 heavy (non-hydrogen) atoms. The molecule has 0 radical (unpaired) electrons. The highest BCUT2D eigenvalue weighted by Crippen LogP contribution is 2.29. The number of hydrogen-bond donors (Lipinski definition) is 4. The number of anilines is 2. The molecule has 1 aromatic carbocycles. The standard InChI is InChI=1S/C23H21N9O3/c1-35-18-9-15(31-7-6-24-12-31)4-5-16(18)27-19-10-20(26-14-2-3-14)32-21(29-19)13(11-25-32)8-17-22(33)30-23(34)28-17/h4-12,14,27,33H,2-3H2,1H3,(H2,28,30,34). The topological polar surface area (TPSA) is 151 Å². The van der Waals surface area contributed by atoms with E-state index in [4.69, 9.17) is 14.7 Å². The van der Waals surface area contributed by atoms with Crippen molar-refractivity contribution in [2.45, 2.75) is 18.9 Å². The Morgan fingerprint density at radius 2 is 2.17 bits per heavy atom. The molecule has 12 heteroatoms. The van der Waals surface area contributed by atoms with E-state index in [0.717, 1.165) is 24.2 Å². The quantitative estimate of drug-likeness (QED) is 0.288. The molecule has 0 bridgehead atoms. The second-order valence-electron chi connectivity index (χ2n) is 8.16. The third-order valence-corrected chi connectivity index (χ3v) is 5.63. The van der Waals surface area contributed by atoms with Crippen LogP contribution < -0.4 is 26.4 Å². The van der Waals surface area contributed by atoms with Gasteiger partial charge < -0.3 is 24.7 Å². The molecule has 0 saturated heterocycles. The Morgan fingerprint density at radius 3 is 2.89 bits per heavy atom. The van der Waals surface area contributed by atoms with Crippen LogP contribution in [0.1, 0.15) is 18.5 Å². The number of methoxy groups -OCH3 is 1. The molecule has 4 heterocycles. The number of imidazole rings is 2. The highest BCUT2D eigenvalue weighted by Gasteiger charge is 2.20. The zero-order valence-corrected chi connectivity index (χ0v) is 18.6. The number of hydrogen-bond acceptors (Lipinski definition) is 8. The molecule has 5 aromatic rings. The fraction of sp³-hybridized carbons (Fsp3) is 0.174. The van der Waals surface area contributed by atoms with E-state index >= 15 is 0 Å². The number of benzene rings is 1. The van der Waals surface area contributed by atoms with E-state index in [-0.39, 0.29) is 17.6 Å². The van der Waals surface area contributed by atoms with Crippen LogP contribution in [0, 0.1) is 0 Å². The lowest BCUT2D eigenvalue weighted by Gasteiger charge is -2.13. The van der Waals surface area contributed by atoms with Crippen LogP contribution in [0.5, 0.6) is 11.6 Å². The Labute approximate surface area is 197 Å².